The number of carbonyl (C=O) groups is 4. The van der Waals surface area contributed by atoms with Gasteiger partial charge >= 0.3 is 0 Å². The van der Waals surface area contributed by atoms with E-state index in [1.54, 1.807) is 42.5 Å². The minimum atomic E-state index is -1.02. The van der Waals surface area contributed by atoms with Crippen LogP contribution in [-0.2, 0) is 9.59 Å². The average molecular weight is 736 g/mol. The smallest absolute Gasteiger partial charge is 0.262 e. The van der Waals surface area contributed by atoms with E-state index in [4.69, 9.17) is 15.2 Å². The second-order valence-electron chi connectivity index (χ2n) is 13.5. The summed E-state index contributed by atoms with van der Waals surface area (Å²) >= 11 is 0. The van der Waals surface area contributed by atoms with E-state index in [-0.39, 0.29) is 29.7 Å². The molecule has 7 rings (SSSR count). The van der Waals surface area contributed by atoms with Crippen molar-refractivity contribution < 1.29 is 33.8 Å². The molecule has 0 saturated carbocycles. The standard InChI is InChI=1S/C45H41N3O7/c1-2-35(28-8-4-3-5-9-28)42(29-10-16-33(49)17-11-29)30-12-18-34(19-13-30)54-24-6-7-25-55-40-27-32(15-21-38(40)46)31-14-20-36-37(26-31)45(53)48(44(36)52)39-22-23-41(50)47-43(39)51/h3-5,8-21,26-27,39,49H,2,6-7,22-25,46H2,1H3,(H,47,50,51)/b42-35-. The summed E-state index contributed by atoms with van der Waals surface area (Å²) in [5.41, 5.74) is 14.1. The number of allylic oxidation sites excluding steroid dienone is 1. The van der Waals surface area contributed by atoms with Crippen LogP contribution in [0.1, 0.15) is 76.4 Å². The van der Waals surface area contributed by atoms with Gasteiger partial charge in [0.25, 0.3) is 11.8 Å². The Hall–Kier alpha value is -6.68. The summed E-state index contributed by atoms with van der Waals surface area (Å²) in [5, 5.41) is 12.1. The Labute approximate surface area is 319 Å². The largest absolute Gasteiger partial charge is 0.508 e. The van der Waals surface area contributed by atoms with Gasteiger partial charge in [0.05, 0.1) is 30.0 Å². The summed E-state index contributed by atoms with van der Waals surface area (Å²) in [5.74, 6) is -0.692. The van der Waals surface area contributed by atoms with E-state index < -0.39 is 29.7 Å². The van der Waals surface area contributed by atoms with Crippen LogP contribution in [0.15, 0.2) is 115 Å². The van der Waals surface area contributed by atoms with E-state index in [0.29, 0.717) is 30.2 Å². The van der Waals surface area contributed by atoms with Crippen LogP contribution in [0.2, 0.25) is 0 Å². The predicted molar refractivity (Wildman–Crippen MR) is 210 cm³/mol. The Morgan fingerprint density at radius 1 is 0.745 bits per heavy atom. The summed E-state index contributed by atoms with van der Waals surface area (Å²) in [6.07, 6.45) is 2.46. The number of ether oxygens (including phenoxy) is 2. The van der Waals surface area contributed by atoms with Crippen molar-refractivity contribution in [2.75, 3.05) is 18.9 Å². The van der Waals surface area contributed by atoms with E-state index in [1.807, 2.05) is 48.5 Å². The number of nitrogens with zero attached hydrogens (tertiary/aromatic N) is 1. The number of nitrogens with one attached hydrogen (secondary N) is 1. The average Bonchev–Trinajstić information content (AvgIpc) is 3.44. The van der Waals surface area contributed by atoms with Crippen LogP contribution in [-0.4, -0.2) is 52.9 Å². The Bertz CT molecular complexity index is 2280. The number of aromatic hydroxyl groups is 1. The number of benzene rings is 5. The highest BCUT2D eigenvalue weighted by atomic mass is 16.5. The molecule has 0 radical (unpaired) electrons. The van der Waals surface area contributed by atoms with Crippen LogP contribution in [0.5, 0.6) is 17.2 Å². The maximum Gasteiger partial charge on any atom is 0.262 e. The van der Waals surface area contributed by atoms with Gasteiger partial charge in [-0.3, -0.25) is 29.4 Å². The Morgan fingerprint density at radius 2 is 1.38 bits per heavy atom. The second kappa shape index (κ2) is 16.1. The second-order valence-corrected chi connectivity index (χ2v) is 13.5. The molecule has 1 unspecified atom stereocenters. The molecule has 0 aromatic heterocycles. The molecule has 5 aromatic carbocycles. The topological polar surface area (TPSA) is 148 Å². The van der Waals surface area contributed by atoms with Gasteiger partial charge in [0, 0.05) is 6.42 Å². The van der Waals surface area contributed by atoms with Crippen molar-refractivity contribution in [3.63, 3.8) is 0 Å². The fraction of sp³-hybridized carbons (Fsp3) is 0.200. The Morgan fingerprint density at radius 3 is 2.07 bits per heavy atom. The zero-order valence-electron chi connectivity index (χ0n) is 30.4. The fourth-order valence-electron chi connectivity index (χ4n) is 7.09. The minimum Gasteiger partial charge on any atom is -0.508 e. The van der Waals surface area contributed by atoms with Crippen molar-refractivity contribution in [2.45, 2.75) is 45.1 Å². The van der Waals surface area contributed by atoms with E-state index in [1.165, 1.54) is 5.57 Å². The molecule has 2 aliphatic heterocycles. The van der Waals surface area contributed by atoms with Gasteiger partial charge in [-0.2, -0.15) is 0 Å². The van der Waals surface area contributed by atoms with Crippen LogP contribution in [0, 0.1) is 0 Å². The molecule has 1 atom stereocenters. The van der Waals surface area contributed by atoms with Gasteiger partial charge in [0.1, 0.15) is 23.3 Å². The lowest BCUT2D eigenvalue weighted by atomic mass is 9.88. The fourth-order valence-corrected chi connectivity index (χ4v) is 7.09. The van der Waals surface area contributed by atoms with Crippen molar-refractivity contribution in [1.29, 1.82) is 0 Å². The number of amides is 4. The number of hydrogen-bond donors (Lipinski definition) is 3. The summed E-state index contributed by atoms with van der Waals surface area (Å²) in [4.78, 5) is 51.4. The minimum absolute atomic E-state index is 0.0579. The van der Waals surface area contributed by atoms with Gasteiger partial charge in [-0.1, -0.05) is 73.7 Å². The molecule has 4 N–H and O–H groups in total. The number of rotatable bonds is 13. The van der Waals surface area contributed by atoms with Crippen LogP contribution >= 0.6 is 0 Å². The van der Waals surface area contributed by atoms with Crippen LogP contribution < -0.4 is 20.5 Å². The number of phenols is 1. The van der Waals surface area contributed by atoms with Gasteiger partial charge < -0.3 is 20.3 Å². The molecule has 5 aromatic rings. The number of carbonyl (C=O) groups excluding carboxylic acids is 4. The summed E-state index contributed by atoms with van der Waals surface area (Å²) in [6.45, 7) is 3.06. The van der Waals surface area contributed by atoms with Crippen LogP contribution in [0.25, 0.3) is 22.3 Å². The van der Waals surface area contributed by atoms with Crippen molar-refractivity contribution >= 4 is 40.5 Å². The first-order chi connectivity index (χ1) is 26.7. The van der Waals surface area contributed by atoms with Gasteiger partial charge in [-0.15, -0.1) is 0 Å². The molecule has 10 nitrogen and oxygen atoms in total. The first-order valence-electron chi connectivity index (χ1n) is 18.4. The van der Waals surface area contributed by atoms with E-state index in [9.17, 15) is 24.3 Å². The monoisotopic (exact) mass is 735 g/mol. The maximum atomic E-state index is 13.3. The number of hydrogen-bond acceptors (Lipinski definition) is 8. The molecular formula is C45H41N3O7. The number of phenolic OH excluding ortho intramolecular Hbond substituents is 1. The van der Waals surface area contributed by atoms with Gasteiger partial charge in [-0.05, 0) is 113 Å². The zero-order valence-corrected chi connectivity index (χ0v) is 30.4. The molecule has 2 aliphatic rings. The Balaban J connectivity index is 0.951. The summed E-state index contributed by atoms with van der Waals surface area (Å²) in [6, 6.07) is 35.0. The molecule has 0 spiro atoms. The molecule has 1 saturated heterocycles. The molecular weight excluding hydrogens is 695 g/mol. The van der Waals surface area contributed by atoms with Gasteiger partial charge in [0.15, 0.2) is 0 Å². The number of unbranched alkanes of at least 4 members (excludes halogenated alkanes) is 1. The van der Waals surface area contributed by atoms with Gasteiger partial charge in [-0.25, -0.2) is 0 Å². The highest BCUT2D eigenvalue weighted by Gasteiger charge is 2.44. The summed E-state index contributed by atoms with van der Waals surface area (Å²) in [7, 11) is 0. The molecule has 0 aliphatic carbocycles. The Kier molecular flexibility index (Phi) is 10.8. The number of nitrogen functional groups attached to an aromatic ring is 1. The number of nitrogens with two attached hydrogens (primary N) is 1. The molecule has 2 heterocycles. The van der Waals surface area contributed by atoms with E-state index in [2.05, 4.69) is 36.5 Å². The molecule has 278 valence electrons. The molecule has 10 heteroatoms. The maximum absolute atomic E-state index is 13.3. The molecule has 4 amide bonds. The number of fused-ring (bicyclic) bond motifs is 1. The highest BCUT2D eigenvalue weighted by Crippen LogP contribution is 2.37. The lowest BCUT2D eigenvalue weighted by Gasteiger charge is -2.27. The third-order valence-electron chi connectivity index (χ3n) is 9.93. The lowest BCUT2D eigenvalue weighted by Crippen LogP contribution is -2.54. The lowest BCUT2D eigenvalue weighted by molar-refractivity contribution is -0.136. The zero-order chi connectivity index (χ0) is 38.5. The van der Waals surface area contributed by atoms with E-state index >= 15 is 0 Å². The van der Waals surface area contributed by atoms with Gasteiger partial charge in [0.2, 0.25) is 11.8 Å². The van der Waals surface area contributed by atoms with E-state index in [0.717, 1.165) is 57.7 Å². The molecule has 55 heavy (non-hydrogen) atoms. The third-order valence-corrected chi connectivity index (χ3v) is 9.93. The van der Waals surface area contributed by atoms with Crippen LogP contribution in [0.3, 0.4) is 0 Å². The molecule has 1 fully saturated rings. The number of imide groups is 2. The first kappa shape index (κ1) is 36.7. The van der Waals surface area contributed by atoms with Crippen molar-refractivity contribution in [3.05, 3.63) is 143 Å². The summed E-state index contributed by atoms with van der Waals surface area (Å²) < 4.78 is 12.1. The number of anilines is 1. The normalized spacial score (nSPS) is 15.7. The quantitative estimate of drug-likeness (QED) is 0.0484. The first-order valence-corrected chi connectivity index (χ1v) is 18.4. The molecule has 0 bridgehead atoms. The SMILES string of the molecule is CC/C(=C(\c1ccc(O)cc1)c1ccc(OCCCCOc2cc(-c3ccc4c(c3)C(=O)N(C3CCC(=O)NC3=O)C4=O)ccc2N)cc1)c1ccccc1. The van der Waals surface area contributed by atoms with Crippen LogP contribution in [0.4, 0.5) is 5.69 Å². The van der Waals surface area contributed by atoms with Crippen molar-refractivity contribution in [1.82, 2.24) is 10.2 Å². The van der Waals surface area contributed by atoms with Crippen molar-refractivity contribution in [3.8, 4) is 28.4 Å². The number of piperidine rings is 1. The predicted octanol–water partition coefficient (Wildman–Crippen LogP) is 7.65. The third kappa shape index (κ3) is 7.84. The van der Waals surface area contributed by atoms with Crippen molar-refractivity contribution in [2.24, 2.45) is 0 Å². The highest BCUT2D eigenvalue weighted by molar-refractivity contribution is 6.23.